The van der Waals surface area contributed by atoms with E-state index in [9.17, 15) is 4.79 Å². The Morgan fingerprint density at radius 1 is 1.54 bits per heavy atom. The summed E-state index contributed by atoms with van der Waals surface area (Å²) in [6.45, 7) is 4.66. The van der Waals surface area contributed by atoms with Crippen molar-refractivity contribution >= 4 is 5.97 Å². The van der Waals surface area contributed by atoms with Gasteiger partial charge in [0.05, 0.1) is 6.61 Å². The number of carbonyl (C=O) groups is 1. The van der Waals surface area contributed by atoms with Crippen molar-refractivity contribution in [3.8, 4) is 0 Å². The van der Waals surface area contributed by atoms with Gasteiger partial charge in [-0.1, -0.05) is 13.3 Å². The summed E-state index contributed by atoms with van der Waals surface area (Å²) in [7, 11) is 0. The van der Waals surface area contributed by atoms with Crippen molar-refractivity contribution in [2.75, 3.05) is 19.8 Å². The zero-order chi connectivity index (χ0) is 10.3. The maximum absolute atomic E-state index is 11.0. The highest BCUT2D eigenvalue weighted by molar-refractivity contribution is 5.75. The topological polar surface area (TPSA) is 72.5 Å². The van der Waals surface area contributed by atoms with E-state index < -0.39 is 11.4 Å². The monoisotopic (exact) mass is 189 g/mol. The molecule has 0 aliphatic rings. The first-order valence-electron chi connectivity index (χ1n) is 4.64. The predicted molar refractivity (Wildman–Crippen MR) is 50.5 cm³/mol. The van der Waals surface area contributed by atoms with Gasteiger partial charge in [-0.25, -0.2) is 0 Å². The molecule has 1 unspecified atom stereocenters. The molecule has 4 nitrogen and oxygen atoms in total. The Bertz CT molecular complexity index is 161. The number of aliphatic carboxylic acids is 1. The minimum absolute atomic E-state index is 0.135. The number of nitrogens with two attached hydrogens (primary N) is 1. The average molecular weight is 189 g/mol. The molecule has 4 heteroatoms. The molecule has 0 amide bonds. The Morgan fingerprint density at radius 2 is 2.15 bits per heavy atom. The molecule has 3 N–H and O–H groups in total. The van der Waals surface area contributed by atoms with E-state index in [1.807, 2.05) is 13.8 Å². The number of carboxylic acid groups (broad SMARTS) is 1. The maximum atomic E-state index is 11.0. The first-order valence-corrected chi connectivity index (χ1v) is 4.64. The summed E-state index contributed by atoms with van der Waals surface area (Å²) in [6.07, 6.45) is 1.37. The van der Waals surface area contributed by atoms with Crippen LogP contribution in [-0.4, -0.2) is 30.8 Å². The lowest BCUT2D eigenvalue weighted by Crippen LogP contribution is -2.42. The molecule has 0 saturated heterocycles. The zero-order valence-electron chi connectivity index (χ0n) is 8.38. The Labute approximate surface area is 79.1 Å². The van der Waals surface area contributed by atoms with Crippen LogP contribution in [0.5, 0.6) is 0 Å². The van der Waals surface area contributed by atoms with E-state index in [0.717, 1.165) is 6.42 Å². The van der Waals surface area contributed by atoms with Gasteiger partial charge in [-0.05, 0) is 13.3 Å². The third-order valence-corrected chi connectivity index (χ3v) is 2.16. The van der Waals surface area contributed by atoms with Gasteiger partial charge in [-0.15, -0.1) is 0 Å². The van der Waals surface area contributed by atoms with E-state index >= 15 is 0 Å². The van der Waals surface area contributed by atoms with Crippen molar-refractivity contribution in [3.05, 3.63) is 0 Å². The number of hydrogen-bond acceptors (Lipinski definition) is 3. The van der Waals surface area contributed by atoms with Crippen LogP contribution < -0.4 is 5.73 Å². The molecule has 0 aromatic carbocycles. The van der Waals surface area contributed by atoms with Gasteiger partial charge >= 0.3 is 5.97 Å². The maximum Gasteiger partial charge on any atom is 0.313 e. The molecule has 0 aromatic rings. The number of ether oxygens (including phenoxy) is 1. The van der Waals surface area contributed by atoms with E-state index in [1.54, 1.807) is 0 Å². The molecule has 0 rings (SSSR count). The van der Waals surface area contributed by atoms with Crippen molar-refractivity contribution in [2.45, 2.75) is 26.7 Å². The molecule has 0 fully saturated rings. The van der Waals surface area contributed by atoms with Gasteiger partial charge in [0.25, 0.3) is 0 Å². The lowest BCUT2D eigenvalue weighted by molar-refractivity contribution is -0.152. The molecular weight excluding hydrogens is 170 g/mol. The third kappa shape index (κ3) is 3.32. The standard InChI is InChI=1S/C9H19NO3/c1-3-5-9(6-10,8(11)12)7-13-4-2/h3-7,10H2,1-2H3,(H,11,12). The SMILES string of the molecule is CCCC(CN)(COCC)C(=O)O. The van der Waals surface area contributed by atoms with Crippen molar-refractivity contribution in [1.29, 1.82) is 0 Å². The van der Waals surface area contributed by atoms with E-state index in [0.29, 0.717) is 13.0 Å². The molecule has 0 aromatic heterocycles. The van der Waals surface area contributed by atoms with Gasteiger partial charge in [0, 0.05) is 13.2 Å². The molecule has 0 saturated carbocycles. The molecule has 0 heterocycles. The van der Waals surface area contributed by atoms with E-state index in [4.69, 9.17) is 15.6 Å². The molecule has 1 atom stereocenters. The lowest BCUT2D eigenvalue weighted by atomic mass is 9.84. The second kappa shape index (κ2) is 5.94. The molecule has 13 heavy (non-hydrogen) atoms. The highest BCUT2D eigenvalue weighted by Crippen LogP contribution is 2.23. The van der Waals surface area contributed by atoms with Crippen molar-refractivity contribution in [1.82, 2.24) is 0 Å². The minimum atomic E-state index is -0.884. The summed E-state index contributed by atoms with van der Waals surface area (Å²) < 4.78 is 5.14. The summed E-state index contributed by atoms with van der Waals surface area (Å²) >= 11 is 0. The van der Waals surface area contributed by atoms with Crippen LogP contribution in [0.25, 0.3) is 0 Å². The van der Waals surface area contributed by atoms with Crippen LogP contribution in [0.1, 0.15) is 26.7 Å². The van der Waals surface area contributed by atoms with Crippen LogP contribution in [0.4, 0.5) is 0 Å². The number of rotatable bonds is 7. The van der Waals surface area contributed by atoms with Gasteiger partial charge in [0.1, 0.15) is 5.41 Å². The van der Waals surface area contributed by atoms with Gasteiger partial charge in [-0.3, -0.25) is 4.79 Å². The normalized spacial score (nSPS) is 15.3. The summed E-state index contributed by atoms with van der Waals surface area (Å²) in [5, 5.41) is 9.02. The zero-order valence-corrected chi connectivity index (χ0v) is 8.38. The lowest BCUT2D eigenvalue weighted by Gasteiger charge is -2.26. The molecule has 0 spiro atoms. The van der Waals surface area contributed by atoms with Gasteiger partial charge in [0.2, 0.25) is 0 Å². The highest BCUT2D eigenvalue weighted by atomic mass is 16.5. The fourth-order valence-corrected chi connectivity index (χ4v) is 1.27. The number of carboxylic acids is 1. The minimum Gasteiger partial charge on any atom is -0.481 e. The Kier molecular flexibility index (Phi) is 5.66. The van der Waals surface area contributed by atoms with Gasteiger partial charge in [0.15, 0.2) is 0 Å². The van der Waals surface area contributed by atoms with Crippen LogP contribution >= 0.6 is 0 Å². The van der Waals surface area contributed by atoms with Gasteiger partial charge in [-0.2, -0.15) is 0 Å². The quantitative estimate of drug-likeness (QED) is 0.622. The second-order valence-corrected chi connectivity index (χ2v) is 3.18. The van der Waals surface area contributed by atoms with Crippen LogP contribution in [0, 0.1) is 5.41 Å². The van der Waals surface area contributed by atoms with Crippen LogP contribution in [-0.2, 0) is 9.53 Å². The Hall–Kier alpha value is -0.610. The average Bonchev–Trinajstić information content (AvgIpc) is 2.12. The molecule has 0 aliphatic heterocycles. The Morgan fingerprint density at radius 3 is 2.46 bits per heavy atom. The third-order valence-electron chi connectivity index (χ3n) is 2.16. The van der Waals surface area contributed by atoms with E-state index in [-0.39, 0.29) is 13.2 Å². The summed E-state index contributed by atoms with van der Waals surface area (Å²) in [6, 6.07) is 0. The highest BCUT2D eigenvalue weighted by Gasteiger charge is 2.36. The first-order chi connectivity index (χ1) is 6.13. The van der Waals surface area contributed by atoms with Crippen LogP contribution in [0.15, 0.2) is 0 Å². The van der Waals surface area contributed by atoms with Crippen LogP contribution in [0.2, 0.25) is 0 Å². The number of hydrogen-bond donors (Lipinski definition) is 2. The van der Waals surface area contributed by atoms with E-state index in [2.05, 4.69) is 0 Å². The molecule has 0 radical (unpaired) electrons. The van der Waals surface area contributed by atoms with Crippen molar-refractivity contribution < 1.29 is 14.6 Å². The Balaban J connectivity index is 4.35. The predicted octanol–water partition coefficient (Wildman–Crippen LogP) is 0.853. The molecular formula is C9H19NO3. The summed E-state index contributed by atoms with van der Waals surface area (Å²) in [5.41, 5.74) is 4.59. The fourth-order valence-electron chi connectivity index (χ4n) is 1.27. The van der Waals surface area contributed by atoms with Crippen LogP contribution in [0.3, 0.4) is 0 Å². The molecule has 0 aliphatic carbocycles. The molecule has 0 bridgehead atoms. The largest absolute Gasteiger partial charge is 0.481 e. The van der Waals surface area contributed by atoms with Crippen molar-refractivity contribution in [2.24, 2.45) is 11.1 Å². The molecule has 78 valence electrons. The van der Waals surface area contributed by atoms with Gasteiger partial charge < -0.3 is 15.6 Å². The van der Waals surface area contributed by atoms with Crippen molar-refractivity contribution in [3.63, 3.8) is 0 Å². The summed E-state index contributed by atoms with van der Waals surface area (Å²) in [5.74, 6) is -0.856. The first kappa shape index (κ1) is 12.4. The fraction of sp³-hybridized carbons (Fsp3) is 0.889. The van der Waals surface area contributed by atoms with E-state index in [1.165, 1.54) is 0 Å². The summed E-state index contributed by atoms with van der Waals surface area (Å²) in [4.78, 5) is 11.0. The second-order valence-electron chi connectivity index (χ2n) is 3.18. The smallest absolute Gasteiger partial charge is 0.313 e.